The van der Waals surface area contributed by atoms with Gasteiger partial charge in [0, 0.05) is 18.2 Å². The van der Waals surface area contributed by atoms with Gasteiger partial charge in [0.2, 0.25) is 10.0 Å². The maximum atomic E-state index is 12.9. The van der Waals surface area contributed by atoms with Crippen molar-refractivity contribution in [1.29, 1.82) is 0 Å². The minimum atomic E-state index is -3.56. The fourth-order valence-corrected chi connectivity index (χ4v) is 4.06. The molecule has 0 saturated carbocycles. The Morgan fingerprint density at radius 1 is 1.16 bits per heavy atom. The number of hydrogen-bond acceptors (Lipinski definition) is 3. The lowest BCUT2D eigenvalue weighted by Gasteiger charge is -2.25. The number of rotatable bonds is 5. The molecule has 1 aliphatic rings. The fourth-order valence-electron chi connectivity index (χ4n) is 3.28. The highest BCUT2D eigenvalue weighted by Crippen LogP contribution is 2.24. The Balaban J connectivity index is 1.81. The molecule has 0 bridgehead atoms. The van der Waals surface area contributed by atoms with Gasteiger partial charge in [0.25, 0.3) is 5.91 Å². The molecule has 1 atom stereocenters. The Morgan fingerprint density at radius 3 is 2.64 bits per heavy atom. The summed E-state index contributed by atoms with van der Waals surface area (Å²) < 4.78 is 26.2. The van der Waals surface area contributed by atoms with Crippen LogP contribution >= 0.6 is 0 Å². The maximum Gasteiger partial charge on any atom is 0.254 e. The summed E-state index contributed by atoms with van der Waals surface area (Å²) in [6, 6.07) is 16.5. The molecular formula is C19H22N2O3S. The van der Waals surface area contributed by atoms with E-state index >= 15 is 0 Å². The Morgan fingerprint density at radius 2 is 1.92 bits per heavy atom. The van der Waals surface area contributed by atoms with Crippen molar-refractivity contribution in [1.82, 2.24) is 9.62 Å². The number of nitrogens with zero attached hydrogens (tertiary/aromatic N) is 1. The van der Waals surface area contributed by atoms with Gasteiger partial charge in [-0.2, -0.15) is 0 Å². The van der Waals surface area contributed by atoms with E-state index in [1.807, 2.05) is 23.1 Å². The number of carbonyl (C=O) groups is 1. The van der Waals surface area contributed by atoms with Crippen molar-refractivity contribution >= 4 is 15.9 Å². The van der Waals surface area contributed by atoms with E-state index in [1.165, 1.54) is 24.7 Å². The van der Waals surface area contributed by atoms with Gasteiger partial charge in [0.05, 0.1) is 4.90 Å². The van der Waals surface area contributed by atoms with Crippen molar-refractivity contribution in [2.45, 2.75) is 30.2 Å². The number of sulfonamides is 1. The molecule has 3 rings (SSSR count). The summed E-state index contributed by atoms with van der Waals surface area (Å²) in [4.78, 5) is 14.9. The largest absolute Gasteiger partial charge is 0.335 e. The lowest BCUT2D eigenvalue weighted by Crippen LogP contribution is -2.37. The van der Waals surface area contributed by atoms with Crippen molar-refractivity contribution in [3.8, 4) is 0 Å². The molecule has 1 aliphatic heterocycles. The maximum absolute atomic E-state index is 12.9. The second-order valence-electron chi connectivity index (χ2n) is 6.22. The Labute approximate surface area is 148 Å². The van der Waals surface area contributed by atoms with Crippen molar-refractivity contribution in [2.24, 2.45) is 0 Å². The van der Waals surface area contributed by atoms with Crippen molar-refractivity contribution in [3.05, 3.63) is 65.7 Å². The molecule has 0 aromatic heterocycles. The lowest BCUT2D eigenvalue weighted by molar-refractivity contribution is 0.0736. The van der Waals surface area contributed by atoms with Gasteiger partial charge in [-0.05, 0) is 50.1 Å². The SMILES string of the molecule is CNS(=O)(=O)c1cccc(C(=O)N2CCC[C@@H]2Cc2ccccc2)c1. The predicted octanol–water partition coefficient (Wildman–Crippen LogP) is 2.44. The molecule has 5 nitrogen and oxygen atoms in total. The Bertz CT molecular complexity index is 850. The first-order chi connectivity index (χ1) is 12.0. The number of benzene rings is 2. The third-order valence-electron chi connectivity index (χ3n) is 4.61. The van der Waals surface area contributed by atoms with Crippen LogP contribution in [0.4, 0.5) is 0 Å². The molecule has 0 spiro atoms. The van der Waals surface area contributed by atoms with E-state index in [9.17, 15) is 13.2 Å². The summed E-state index contributed by atoms with van der Waals surface area (Å²) in [5, 5.41) is 0. The molecular weight excluding hydrogens is 336 g/mol. The van der Waals surface area contributed by atoms with Crippen LogP contribution in [0.3, 0.4) is 0 Å². The van der Waals surface area contributed by atoms with Crippen LogP contribution in [0, 0.1) is 0 Å². The van der Waals surface area contributed by atoms with Crippen LogP contribution in [0.2, 0.25) is 0 Å². The topological polar surface area (TPSA) is 66.5 Å². The highest BCUT2D eigenvalue weighted by atomic mass is 32.2. The fraction of sp³-hybridized carbons (Fsp3) is 0.316. The zero-order valence-electron chi connectivity index (χ0n) is 14.2. The molecule has 2 aromatic rings. The van der Waals surface area contributed by atoms with Crippen LogP contribution in [-0.2, 0) is 16.4 Å². The highest BCUT2D eigenvalue weighted by Gasteiger charge is 2.29. The lowest BCUT2D eigenvalue weighted by atomic mass is 10.0. The van der Waals surface area contributed by atoms with E-state index in [0.29, 0.717) is 12.1 Å². The summed E-state index contributed by atoms with van der Waals surface area (Å²) in [6.07, 6.45) is 2.76. The third-order valence-corrected chi connectivity index (χ3v) is 6.02. The molecule has 0 unspecified atom stereocenters. The zero-order valence-corrected chi connectivity index (χ0v) is 15.0. The molecule has 1 amide bonds. The number of amides is 1. The Hall–Kier alpha value is -2.18. The first-order valence-electron chi connectivity index (χ1n) is 8.40. The van der Waals surface area contributed by atoms with Crippen molar-refractivity contribution in [2.75, 3.05) is 13.6 Å². The summed E-state index contributed by atoms with van der Waals surface area (Å²) in [5.74, 6) is -0.105. The molecule has 132 valence electrons. The molecule has 0 aliphatic carbocycles. The van der Waals surface area contributed by atoms with E-state index in [4.69, 9.17) is 0 Å². The number of carbonyl (C=O) groups excluding carboxylic acids is 1. The molecule has 1 fully saturated rings. The van der Waals surface area contributed by atoms with Gasteiger partial charge in [-0.25, -0.2) is 13.1 Å². The van der Waals surface area contributed by atoms with Gasteiger partial charge >= 0.3 is 0 Å². The van der Waals surface area contributed by atoms with Crippen LogP contribution in [0.15, 0.2) is 59.5 Å². The van der Waals surface area contributed by atoms with Gasteiger partial charge < -0.3 is 4.90 Å². The molecule has 1 saturated heterocycles. The average Bonchev–Trinajstić information content (AvgIpc) is 3.10. The normalized spacial score (nSPS) is 17.6. The van der Waals surface area contributed by atoms with Gasteiger partial charge in [0.15, 0.2) is 0 Å². The van der Waals surface area contributed by atoms with Crippen LogP contribution in [0.1, 0.15) is 28.8 Å². The van der Waals surface area contributed by atoms with Gasteiger partial charge in [-0.15, -0.1) is 0 Å². The molecule has 1 N–H and O–H groups in total. The summed E-state index contributed by atoms with van der Waals surface area (Å²) >= 11 is 0. The number of hydrogen-bond donors (Lipinski definition) is 1. The Kier molecular flexibility index (Phi) is 5.20. The van der Waals surface area contributed by atoms with Crippen molar-refractivity contribution < 1.29 is 13.2 Å². The van der Waals surface area contributed by atoms with Gasteiger partial charge in [0.1, 0.15) is 0 Å². The second-order valence-corrected chi connectivity index (χ2v) is 8.11. The van der Waals surface area contributed by atoms with E-state index in [-0.39, 0.29) is 16.8 Å². The minimum Gasteiger partial charge on any atom is -0.335 e. The predicted molar refractivity (Wildman–Crippen MR) is 96.9 cm³/mol. The van der Waals surface area contributed by atoms with E-state index in [1.54, 1.807) is 12.1 Å². The summed E-state index contributed by atoms with van der Waals surface area (Å²) in [5.41, 5.74) is 1.62. The van der Waals surface area contributed by atoms with E-state index in [0.717, 1.165) is 19.3 Å². The standard InChI is InChI=1S/C19H22N2O3S/c1-20-25(23,24)18-11-5-9-16(14-18)19(22)21-12-6-10-17(21)13-15-7-3-2-4-8-15/h2-5,7-9,11,14,17,20H,6,10,12-13H2,1H3/t17-/m1/s1. The molecule has 1 heterocycles. The molecule has 6 heteroatoms. The summed E-state index contributed by atoms with van der Waals surface area (Å²) in [6.45, 7) is 0.708. The summed E-state index contributed by atoms with van der Waals surface area (Å²) in [7, 11) is -2.20. The second kappa shape index (κ2) is 7.37. The van der Waals surface area contributed by atoms with Gasteiger partial charge in [-0.3, -0.25) is 4.79 Å². The van der Waals surface area contributed by atoms with Crippen LogP contribution < -0.4 is 4.72 Å². The number of likely N-dealkylation sites (tertiary alicyclic amines) is 1. The average molecular weight is 358 g/mol. The van der Waals surface area contributed by atoms with Gasteiger partial charge in [-0.1, -0.05) is 36.4 Å². The van der Waals surface area contributed by atoms with Crippen LogP contribution in [0.25, 0.3) is 0 Å². The third kappa shape index (κ3) is 3.91. The zero-order chi connectivity index (χ0) is 17.9. The van der Waals surface area contributed by atoms with E-state index in [2.05, 4.69) is 16.9 Å². The van der Waals surface area contributed by atoms with Crippen molar-refractivity contribution in [3.63, 3.8) is 0 Å². The monoisotopic (exact) mass is 358 g/mol. The van der Waals surface area contributed by atoms with E-state index < -0.39 is 10.0 Å². The smallest absolute Gasteiger partial charge is 0.254 e. The minimum absolute atomic E-state index is 0.105. The molecule has 2 aromatic carbocycles. The van der Waals surface area contributed by atoms with Crippen LogP contribution in [-0.4, -0.2) is 38.9 Å². The first kappa shape index (κ1) is 17.6. The first-order valence-corrected chi connectivity index (χ1v) is 9.88. The molecule has 0 radical (unpaired) electrons. The number of nitrogens with one attached hydrogen (secondary N) is 1. The van der Waals surface area contributed by atoms with Crippen LogP contribution in [0.5, 0.6) is 0 Å². The quantitative estimate of drug-likeness (QED) is 0.893. The molecule has 25 heavy (non-hydrogen) atoms. The highest BCUT2D eigenvalue weighted by molar-refractivity contribution is 7.89.